The van der Waals surface area contributed by atoms with Gasteiger partial charge in [-0.3, -0.25) is 0 Å². The van der Waals surface area contributed by atoms with Gasteiger partial charge in [-0.15, -0.1) is 0 Å². The molecule has 5 nitrogen and oxygen atoms in total. The Bertz CT molecular complexity index is 295. The minimum atomic E-state index is 0.238. The number of hydrogen-bond donors (Lipinski definition) is 1. The van der Waals surface area contributed by atoms with E-state index in [1.54, 1.807) is 0 Å². The summed E-state index contributed by atoms with van der Waals surface area (Å²) < 4.78 is 10.4. The van der Waals surface area contributed by atoms with Gasteiger partial charge >= 0.3 is 0 Å². The van der Waals surface area contributed by atoms with E-state index in [0.29, 0.717) is 24.9 Å². The molecule has 1 atom stereocenters. The molecular formula is C10H17N3O2. The maximum atomic E-state index is 5.21. The Hall–Kier alpha value is -0.940. The van der Waals surface area contributed by atoms with Crippen LogP contribution in [0, 0.1) is 0 Å². The number of hydrogen-bond acceptors (Lipinski definition) is 5. The Labute approximate surface area is 89.2 Å². The molecule has 0 aliphatic carbocycles. The normalized spacial score (nSPS) is 21.8. The predicted molar refractivity (Wildman–Crippen MR) is 54.2 cm³/mol. The molecule has 1 fully saturated rings. The van der Waals surface area contributed by atoms with Crippen LogP contribution in [0.1, 0.15) is 43.9 Å². The highest BCUT2D eigenvalue weighted by molar-refractivity contribution is 4.93. The molecule has 1 saturated heterocycles. The quantitative estimate of drug-likeness (QED) is 0.816. The van der Waals surface area contributed by atoms with Crippen molar-refractivity contribution < 1.29 is 9.26 Å². The van der Waals surface area contributed by atoms with Crippen molar-refractivity contribution in [3.05, 3.63) is 11.7 Å². The van der Waals surface area contributed by atoms with E-state index in [1.807, 2.05) is 6.92 Å². The zero-order chi connectivity index (χ0) is 10.5. The second-order valence-corrected chi connectivity index (χ2v) is 3.69. The fourth-order valence-electron chi connectivity index (χ4n) is 1.72. The highest BCUT2D eigenvalue weighted by Crippen LogP contribution is 2.21. The number of nitrogens with zero attached hydrogens (tertiary/aromatic N) is 2. The Morgan fingerprint density at radius 3 is 3.20 bits per heavy atom. The van der Waals surface area contributed by atoms with Gasteiger partial charge in [-0.05, 0) is 26.3 Å². The van der Waals surface area contributed by atoms with Gasteiger partial charge in [-0.2, -0.15) is 4.98 Å². The third-order valence-corrected chi connectivity index (χ3v) is 2.53. The highest BCUT2D eigenvalue weighted by Gasteiger charge is 2.20. The van der Waals surface area contributed by atoms with Crippen molar-refractivity contribution in [2.24, 2.45) is 0 Å². The minimum Gasteiger partial charge on any atom is -0.374 e. The highest BCUT2D eigenvalue weighted by atomic mass is 16.5. The summed E-state index contributed by atoms with van der Waals surface area (Å²) >= 11 is 0. The lowest BCUT2D eigenvalue weighted by Crippen LogP contribution is -2.27. The Balaban J connectivity index is 1.93. The van der Waals surface area contributed by atoms with Crippen molar-refractivity contribution >= 4 is 0 Å². The van der Waals surface area contributed by atoms with E-state index in [0.717, 1.165) is 13.0 Å². The molecule has 0 aromatic carbocycles. The second kappa shape index (κ2) is 5.23. The van der Waals surface area contributed by atoms with Gasteiger partial charge in [0.2, 0.25) is 5.89 Å². The first-order chi connectivity index (χ1) is 7.40. The topological polar surface area (TPSA) is 60.2 Å². The fraction of sp³-hybridized carbons (Fsp3) is 0.800. The molecule has 84 valence electrons. The lowest BCUT2D eigenvalue weighted by molar-refractivity contribution is 0.126. The monoisotopic (exact) mass is 211 g/mol. The molecule has 2 rings (SSSR count). The zero-order valence-electron chi connectivity index (χ0n) is 9.03. The number of piperidine rings is 1. The molecule has 0 spiro atoms. The molecule has 0 bridgehead atoms. The first kappa shape index (κ1) is 10.6. The summed E-state index contributed by atoms with van der Waals surface area (Å²) in [5, 5.41) is 7.25. The van der Waals surface area contributed by atoms with Crippen LogP contribution < -0.4 is 5.32 Å². The third kappa shape index (κ3) is 2.76. The molecule has 0 radical (unpaired) electrons. The van der Waals surface area contributed by atoms with Crippen LogP contribution in [0.2, 0.25) is 0 Å². The molecule has 0 amide bonds. The van der Waals surface area contributed by atoms with Gasteiger partial charge in [0, 0.05) is 6.61 Å². The summed E-state index contributed by atoms with van der Waals surface area (Å²) in [5.74, 6) is 1.34. The average Bonchev–Trinajstić information content (AvgIpc) is 2.76. The SMILES string of the molecule is CCOCc1noc([C@@H]2CCCCN2)n1. The molecule has 1 aliphatic heterocycles. The standard InChI is InChI=1S/C10H17N3O2/c1-2-14-7-9-12-10(15-13-9)8-5-3-4-6-11-8/h8,11H,2-7H2,1H3/t8-/m0/s1. The lowest BCUT2D eigenvalue weighted by Gasteiger charge is -2.19. The van der Waals surface area contributed by atoms with Crippen LogP contribution in [0.5, 0.6) is 0 Å². The largest absolute Gasteiger partial charge is 0.374 e. The van der Waals surface area contributed by atoms with Gasteiger partial charge < -0.3 is 14.6 Å². The molecule has 0 unspecified atom stereocenters. The van der Waals surface area contributed by atoms with E-state index in [2.05, 4.69) is 15.5 Å². The van der Waals surface area contributed by atoms with Gasteiger partial charge in [0.25, 0.3) is 0 Å². The number of nitrogens with one attached hydrogen (secondary N) is 1. The van der Waals surface area contributed by atoms with E-state index < -0.39 is 0 Å². The molecule has 1 N–H and O–H groups in total. The van der Waals surface area contributed by atoms with Crippen LogP contribution in [-0.2, 0) is 11.3 Å². The van der Waals surface area contributed by atoms with E-state index in [-0.39, 0.29) is 6.04 Å². The molecule has 5 heteroatoms. The Morgan fingerprint density at radius 1 is 1.53 bits per heavy atom. The van der Waals surface area contributed by atoms with E-state index in [4.69, 9.17) is 9.26 Å². The maximum Gasteiger partial charge on any atom is 0.243 e. The molecule has 1 aliphatic rings. The van der Waals surface area contributed by atoms with Crippen molar-refractivity contribution in [3.63, 3.8) is 0 Å². The first-order valence-corrected chi connectivity index (χ1v) is 5.53. The van der Waals surface area contributed by atoms with Gasteiger partial charge in [0.05, 0.1) is 6.04 Å². The van der Waals surface area contributed by atoms with Crippen LogP contribution >= 0.6 is 0 Å². The van der Waals surface area contributed by atoms with Gasteiger partial charge in [-0.1, -0.05) is 11.6 Å². The van der Waals surface area contributed by atoms with E-state index in [1.165, 1.54) is 12.8 Å². The van der Waals surface area contributed by atoms with Gasteiger partial charge in [0.15, 0.2) is 5.82 Å². The number of aromatic nitrogens is 2. The van der Waals surface area contributed by atoms with Crippen LogP contribution in [-0.4, -0.2) is 23.3 Å². The fourth-order valence-corrected chi connectivity index (χ4v) is 1.72. The van der Waals surface area contributed by atoms with Crippen molar-refractivity contribution in [2.45, 2.75) is 38.8 Å². The third-order valence-electron chi connectivity index (χ3n) is 2.53. The molecule has 2 heterocycles. The first-order valence-electron chi connectivity index (χ1n) is 5.53. The van der Waals surface area contributed by atoms with Crippen molar-refractivity contribution in [1.29, 1.82) is 0 Å². The van der Waals surface area contributed by atoms with Gasteiger partial charge in [0.1, 0.15) is 6.61 Å². The molecule has 15 heavy (non-hydrogen) atoms. The lowest BCUT2D eigenvalue weighted by atomic mass is 10.1. The maximum absolute atomic E-state index is 5.21. The molecule has 1 aromatic heterocycles. The molecule has 0 saturated carbocycles. The molecule has 1 aromatic rings. The van der Waals surface area contributed by atoms with Crippen LogP contribution in [0.3, 0.4) is 0 Å². The summed E-state index contributed by atoms with van der Waals surface area (Å²) in [7, 11) is 0. The van der Waals surface area contributed by atoms with Crippen molar-refractivity contribution in [1.82, 2.24) is 15.5 Å². The van der Waals surface area contributed by atoms with Crippen LogP contribution in [0.25, 0.3) is 0 Å². The van der Waals surface area contributed by atoms with Crippen LogP contribution in [0.4, 0.5) is 0 Å². The summed E-state index contributed by atoms with van der Waals surface area (Å²) in [6.45, 7) is 4.09. The smallest absolute Gasteiger partial charge is 0.243 e. The number of ether oxygens (including phenoxy) is 1. The molecular weight excluding hydrogens is 194 g/mol. The zero-order valence-corrected chi connectivity index (χ0v) is 9.03. The summed E-state index contributed by atoms with van der Waals surface area (Å²) in [6, 6.07) is 0.238. The van der Waals surface area contributed by atoms with E-state index in [9.17, 15) is 0 Å². The Morgan fingerprint density at radius 2 is 2.47 bits per heavy atom. The van der Waals surface area contributed by atoms with Gasteiger partial charge in [-0.25, -0.2) is 0 Å². The minimum absolute atomic E-state index is 0.238. The van der Waals surface area contributed by atoms with Crippen molar-refractivity contribution in [2.75, 3.05) is 13.2 Å². The van der Waals surface area contributed by atoms with E-state index >= 15 is 0 Å². The van der Waals surface area contributed by atoms with Crippen molar-refractivity contribution in [3.8, 4) is 0 Å². The number of rotatable bonds is 4. The predicted octanol–water partition coefficient (Wildman–Crippen LogP) is 1.42. The average molecular weight is 211 g/mol. The van der Waals surface area contributed by atoms with Crippen LogP contribution in [0.15, 0.2) is 4.52 Å². The summed E-state index contributed by atoms with van der Waals surface area (Å²) in [6.07, 6.45) is 3.54. The summed E-state index contributed by atoms with van der Waals surface area (Å²) in [5.41, 5.74) is 0. The summed E-state index contributed by atoms with van der Waals surface area (Å²) in [4.78, 5) is 4.31. The Kier molecular flexibility index (Phi) is 3.69. The second-order valence-electron chi connectivity index (χ2n) is 3.69.